The molecule has 0 bridgehead atoms. The van der Waals surface area contributed by atoms with Gasteiger partial charge in [-0.15, -0.1) is 5.10 Å². The van der Waals surface area contributed by atoms with Crippen molar-refractivity contribution in [2.75, 3.05) is 20.1 Å². The van der Waals surface area contributed by atoms with E-state index in [0.717, 1.165) is 18.8 Å². The van der Waals surface area contributed by atoms with Crippen LogP contribution in [0.4, 0.5) is 0 Å². The minimum absolute atomic E-state index is 0.0795. The van der Waals surface area contributed by atoms with Crippen molar-refractivity contribution in [1.29, 1.82) is 0 Å². The van der Waals surface area contributed by atoms with E-state index >= 15 is 0 Å². The van der Waals surface area contributed by atoms with Gasteiger partial charge >= 0.3 is 0 Å². The summed E-state index contributed by atoms with van der Waals surface area (Å²) < 4.78 is 1.62. The van der Waals surface area contributed by atoms with Crippen molar-refractivity contribution in [3.05, 3.63) is 11.9 Å². The summed E-state index contributed by atoms with van der Waals surface area (Å²) in [7, 11) is 1.85. The van der Waals surface area contributed by atoms with Crippen LogP contribution in [-0.4, -0.2) is 45.9 Å². The molecule has 0 aliphatic rings. The molecule has 17 heavy (non-hydrogen) atoms. The second-order valence-electron chi connectivity index (χ2n) is 3.91. The van der Waals surface area contributed by atoms with Crippen LogP contribution in [0.15, 0.2) is 6.20 Å². The number of carbonyl (C=O) groups is 1. The van der Waals surface area contributed by atoms with Gasteiger partial charge in [-0.25, -0.2) is 4.68 Å². The van der Waals surface area contributed by atoms with E-state index in [0.29, 0.717) is 6.54 Å². The molecule has 0 saturated heterocycles. The zero-order valence-electron chi connectivity index (χ0n) is 11.0. The number of nitrogens with zero attached hydrogens (tertiary/aromatic N) is 4. The predicted molar refractivity (Wildman–Crippen MR) is 65.4 cm³/mol. The second kappa shape index (κ2) is 6.34. The molecule has 1 amide bonds. The Morgan fingerprint density at radius 2 is 2.18 bits per heavy atom. The number of hydrogen-bond acceptors (Lipinski definition) is 4. The minimum Gasteiger partial charge on any atom is -0.341 e. The largest absolute Gasteiger partial charge is 0.341 e. The minimum atomic E-state index is -0.298. The first-order chi connectivity index (χ1) is 8.13. The topological polar surface area (TPSA) is 63.1 Å². The number of aromatic nitrogens is 3. The van der Waals surface area contributed by atoms with Gasteiger partial charge in [0.15, 0.2) is 0 Å². The van der Waals surface area contributed by atoms with E-state index in [4.69, 9.17) is 0 Å². The highest BCUT2D eigenvalue weighted by molar-refractivity contribution is 5.79. The molecule has 0 aliphatic heterocycles. The van der Waals surface area contributed by atoms with E-state index in [9.17, 15) is 4.79 Å². The molecule has 0 spiro atoms. The molecule has 1 aromatic rings. The van der Waals surface area contributed by atoms with Gasteiger partial charge in [-0.3, -0.25) is 4.79 Å². The summed E-state index contributed by atoms with van der Waals surface area (Å²) >= 11 is 0. The lowest BCUT2D eigenvalue weighted by atomic mass is 10.3. The summed E-state index contributed by atoms with van der Waals surface area (Å²) in [6.45, 7) is 7.89. The van der Waals surface area contributed by atoms with E-state index in [-0.39, 0.29) is 11.9 Å². The fourth-order valence-corrected chi connectivity index (χ4v) is 1.68. The smallest absolute Gasteiger partial charge is 0.247 e. The van der Waals surface area contributed by atoms with Crippen molar-refractivity contribution < 1.29 is 4.79 Å². The monoisotopic (exact) mass is 239 g/mol. The molecule has 0 fully saturated rings. The van der Waals surface area contributed by atoms with Gasteiger partial charge in [-0.1, -0.05) is 5.21 Å². The molecule has 6 heteroatoms. The van der Waals surface area contributed by atoms with Crippen molar-refractivity contribution in [3.63, 3.8) is 0 Å². The molecular formula is C11H21N5O. The molecule has 1 N–H and O–H groups in total. The maximum Gasteiger partial charge on any atom is 0.247 e. The van der Waals surface area contributed by atoms with Crippen molar-refractivity contribution >= 4 is 5.91 Å². The Hall–Kier alpha value is -1.43. The second-order valence-corrected chi connectivity index (χ2v) is 3.91. The maximum atomic E-state index is 12.1. The zero-order valence-corrected chi connectivity index (χ0v) is 11.0. The van der Waals surface area contributed by atoms with Crippen molar-refractivity contribution in [2.45, 2.75) is 33.4 Å². The van der Waals surface area contributed by atoms with Gasteiger partial charge in [0, 0.05) is 19.6 Å². The molecule has 1 heterocycles. The van der Waals surface area contributed by atoms with Crippen molar-refractivity contribution in [2.24, 2.45) is 0 Å². The molecular weight excluding hydrogens is 218 g/mol. The van der Waals surface area contributed by atoms with Gasteiger partial charge < -0.3 is 10.2 Å². The van der Waals surface area contributed by atoms with Crippen LogP contribution in [0.1, 0.15) is 32.5 Å². The Balaban J connectivity index is 2.73. The molecule has 1 atom stereocenters. The van der Waals surface area contributed by atoms with Gasteiger partial charge in [-0.05, 0) is 27.8 Å². The lowest BCUT2D eigenvalue weighted by Crippen LogP contribution is -2.36. The quantitative estimate of drug-likeness (QED) is 0.782. The third-order valence-electron chi connectivity index (χ3n) is 2.74. The summed E-state index contributed by atoms with van der Waals surface area (Å²) in [5.74, 6) is 0.0795. The Bertz CT molecular complexity index is 358. The standard InChI is InChI=1S/C11H21N5O/c1-5-15(6-2)11(17)9(3)16-8-10(7-12-4)13-14-16/h8-9,12H,5-7H2,1-4H3. The van der Waals surface area contributed by atoms with E-state index in [1.54, 1.807) is 9.58 Å². The van der Waals surface area contributed by atoms with Gasteiger partial charge in [0.05, 0.1) is 11.9 Å². The average Bonchev–Trinajstić information content (AvgIpc) is 2.78. The number of amides is 1. The lowest BCUT2D eigenvalue weighted by molar-refractivity contribution is -0.134. The van der Waals surface area contributed by atoms with Crippen LogP contribution in [0.5, 0.6) is 0 Å². The fraction of sp³-hybridized carbons (Fsp3) is 0.727. The van der Waals surface area contributed by atoms with Gasteiger partial charge in [0.25, 0.3) is 0 Å². The van der Waals surface area contributed by atoms with Gasteiger partial charge in [-0.2, -0.15) is 0 Å². The SMILES string of the molecule is CCN(CC)C(=O)C(C)n1cc(CNC)nn1. The number of rotatable bonds is 6. The zero-order chi connectivity index (χ0) is 12.8. The number of hydrogen-bond donors (Lipinski definition) is 1. The van der Waals surface area contributed by atoms with Gasteiger partial charge in [0.1, 0.15) is 6.04 Å². The van der Waals surface area contributed by atoms with Crippen LogP contribution in [0.3, 0.4) is 0 Å². The van der Waals surface area contributed by atoms with Gasteiger partial charge in [0.2, 0.25) is 5.91 Å². The summed E-state index contributed by atoms with van der Waals surface area (Å²) in [4.78, 5) is 13.9. The number of likely N-dealkylation sites (N-methyl/N-ethyl adjacent to an activating group) is 1. The molecule has 0 saturated carbocycles. The first kappa shape index (κ1) is 13.6. The molecule has 1 unspecified atom stereocenters. The summed E-state index contributed by atoms with van der Waals surface area (Å²) in [6, 6.07) is -0.298. The Kier molecular flexibility index (Phi) is 5.09. The molecule has 0 aliphatic carbocycles. The van der Waals surface area contributed by atoms with Crippen molar-refractivity contribution in [3.8, 4) is 0 Å². The third kappa shape index (κ3) is 3.26. The molecule has 1 aromatic heterocycles. The normalized spacial score (nSPS) is 12.5. The third-order valence-corrected chi connectivity index (χ3v) is 2.74. The van der Waals surface area contributed by atoms with E-state index in [2.05, 4.69) is 15.6 Å². The summed E-state index contributed by atoms with van der Waals surface area (Å²) in [6.07, 6.45) is 1.81. The highest BCUT2D eigenvalue weighted by Gasteiger charge is 2.20. The van der Waals surface area contributed by atoms with Crippen LogP contribution in [-0.2, 0) is 11.3 Å². The van der Waals surface area contributed by atoms with Crippen LogP contribution >= 0.6 is 0 Å². The molecule has 6 nitrogen and oxygen atoms in total. The van der Waals surface area contributed by atoms with E-state index in [1.807, 2.05) is 34.0 Å². The summed E-state index contributed by atoms with van der Waals surface area (Å²) in [5, 5.41) is 11.0. The Morgan fingerprint density at radius 3 is 2.71 bits per heavy atom. The molecule has 1 rings (SSSR count). The Morgan fingerprint density at radius 1 is 1.53 bits per heavy atom. The summed E-state index contributed by atoms with van der Waals surface area (Å²) in [5.41, 5.74) is 0.840. The molecule has 96 valence electrons. The first-order valence-electron chi connectivity index (χ1n) is 5.98. The Labute approximate surface area is 102 Å². The van der Waals surface area contributed by atoms with Crippen molar-refractivity contribution in [1.82, 2.24) is 25.2 Å². The van der Waals surface area contributed by atoms with E-state index in [1.165, 1.54) is 0 Å². The number of nitrogens with one attached hydrogen (secondary N) is 1. The highest BCUT2D eigenvalue weighted by atomic mass is 16.2. The molecule has 0 aromatic carbocycles. The highest BCUT2D eigenvalue weighted by Crippen LogP contribution is 2.09. The predicted octanol–water partition coefficient (Wildman–Crippen LogP) is 0.427. The van der Waals surface area contributed by atoms with Crippen LogP contribution in [0.25, 0.3) is 0 Å². The lowest BCUT2D eigenvalue weighted by Gasteiger charge is -2.22. The van der Waals surface area contributed by atoms with Crippen LogP contribution in [0.2, 0.25) is 0 Å². The fourth-order valence-electron chi connectivity index (χ4n) is 1.68. The first-order valence-corrected chi connectivity index (χ1v) is 5.98. The maximum absolute atomic E-state index is 12.1. The van der Waals surface area contributed by atoms with Crippen LogP contribution < -0.4 is 5.32 Å². The molecule has 0 radical (unpaired) electrons. The van der Waals surface area contributed by atoms with E-state index < -0.39 is 0 Å². The number of carbonyl (C=O) groups excluding carboxylic acids is 1. The van der Waals surface area contributed by atoms with Crippen LogP contribution in [0, 0.1) is 0 Å². The average molecular weight is 239 g/mol.